The SMILES string of the molecule is CCC(C(=O)NC1CCCCC1)N(Cc1ccccc1)C(=O)COc1cccc(Cl)c1. The van der Waals surface area contributed by atoms with E-state index >= 15 is 0 Å². The molecule has 0 spiro atoms. The van der Waals surface area contributed by atoms with Crippen LogP contribution in [-0.2, 0) is 16.1 Å². The van der Waals surface area contributed by atoms with Gasteiger partial charge in [-0.1, -0.05) is 74.2 Å². The van der Waals surface area contributed by atoms with E-state index < -0.39 is 6.04 Å². The van der Waals surface area contributed by atoms with Gasteiger partial charge in [-0.05, 0) is 43.0 Å². The number of carbonyl (C=O) groups excluding carboxylic acids is 2. The van der Waals surface area contributed by atoms with Gasteiger partial charge in [0, 0.05) is 17.6 Å². The molecule has 166 valence electrons. The maximum atomic E-state index is 13.2. The fourth-order valence-corrected chi connectivity index (χ4v) is 4.21. The summed E-state index contributed by atoms with van der Waals surface area (Å²) in [6.07, 6.45) is 6.06. The van der Waals surface area contributed by atoms with Crippen LogP contribution in [0.25, 0.3) is 0 Å². The van der Waals surface area contributed by atoms with Gasteiger partial charge in [0.25, 0.3) is 5.91 Å². The van der Waals surface area contributed by atoms with Crippen molar-refractivity contribution in [2.75, 3.05) is 6.61 Å². The molecule has 5 nitrogen and oxygen atoms in total. The Kier molecular flexibility index (Phi) is 8.77. The van der Waals surface area contributed by atoms with Gasteiger partial charge >= 0.3 is 0 Å². The van der Waals surface area contributed by atoms with Crippen molar-refractivity contribution < 1.29 is 14.3 Å². The molecule has 2 aromatic rings. The quantitative estimate of drug-likeness (QED) is 0.596. The van der Waals surface area contributed by atoms with Gasteiger partial charge in [-0.3, -0.25) is 9.59 Å². The zero-order valence-electron chi connectivity index (χ0n) is 18.1. The van der Waals surface area contributed by atoms with Crippen molar-refractivity contribution in [3.05, 3.63) is 65.2 Å². The third-order valence-electron chi connectivity index (χ3n) is 5.69. The molecule has 0 aliphatic heterocycles. The van der Waals surface area contributed by atoms with Crippen molar-refractivity contribution in [1.29, 1.82) is 0 Å². The van der Waals surface area contributed by atoms with Crippen molar-refractivity contribution in [1.82, 2.24) is 10.2 Å². The van der Waals surface area contributed by atoms with Crippen LogP contribution in [0.15, 0.2) is 54.6 Å². The lowest BCUT2D eigenvalue weighted by Gasteiger charge is -2.32. The molecule has 0 bridgehead atoms. The smallest absolute Gasteiger partial charge is 0.261 e. The van der Waals surface area contributed by atoms with E-state index in [1.54, 1.807) is 29.2 Å². The van der Waals surface area contributed by atoms with Crippen LogP contribution in [0.1, 0.15) is 51.0 Å². The van der Waals surface area contributed by atoms with Gasteiger partial charge in [-0.2, -0.15) is 0 Å². The predicted octanol–water partition coefficient (Wildman–Crippen LogP) is 4.98. The number of amides is 2. The van der Waals surface area contributed by atoms with E-state index in [2.05, 4.69) is 5.32 Å². The number of ether oxygens (including phenoxy) is 1. The highest BCUT2D eigenvalue weighted by molar-refractivity contribution is 6.30. The zero-order chi connectivity index (χ0) is 22.1. The summed E-state index contributed by atoms with van der Waals surface area (Å²) >= 11 is 6.01. The highest BCUT2D eigenvalue weighted by atomic mass is 35.5. The van der Waals surface area contributed by atoms with Crippen LogP contribution in [0.2, 0.25) is 5.02 Å². The van der Waals surface area contributed by atoms with E-state index in [-0.39, 0.29) is 24.5 Å². The molecule has 31 heavy (non-hydrogen) atoms. The minimum Gasteiger partial charge on any atom is -0.484 e. The molecule has 0 heterocycles. The molecule has 3 rings (SSSR count). The Balaban J connectivity index is 1.72. The van der Waals surface area contributed by atoms with Gasteiger partial charge in [0.15, 0.2) is 6.61 Å². The molecule has 1 unspecified atom stereocenters. The van der Waals surface area contributed by atoms with E-state index in [0.717, 1.165) is 31.2 Å². The number of nitrogens with zero attached hydrogens (tertiary/aromatic N) is 1. The maximum Gasteiger partial charge on any atom is 0.261 e. The van der Waals surface area contributed by atoms with E-state index in [0.29, 0.717) is 23.7 Å². The lowest BCUT2D eigenvalue weighted by atomic mass is 9.95. The Morgan fingerprint density at radius 2 is 1.84 bits per heavy atom. The molecular weight excluding hydrogens is 412 g/mol. The number of hydrogen-bond acceptors (Lipinski definition) is 3. The monoisotopic (exact) mass is 442 g/mol. The second kappa shape index (κ2) is 11.8. The largest absolute Gasteiger partial charge is 0.484 e. The summed E-state index contributed by atoms with van der Waals surface area (Å²) in [5.74, 6) is 0.219. The zero-order valence-corrected chi connectivity index (χ0v) is 18.8. The average molecular weight is 443 g/mol. The predicted molar refractivity (Wildman–Crippen MR) is 123 cm³/mol. The number of carbonyl (C=O) groups is 2. The Labute approximate surface area is 189 Å². The van der Waals surface area contributed by atoms with Crippen LogP contribution in [-0.4, -0.2) is 35.4 Å². The van der Waals surface area contributed by atoms with Gasteiger partial charge in [-0.15, -0.1) is 0 Å². The van der Waals surface area contributed by atoms with Crippen molar-refractivity contribution in [2.24, 2.45) is 0 Å². The van der Waals surface area contributed by atoms with E-state index in [1.807, 2.05) is 37.3 Å². The minimum atomic E-state index is -0.544. The summed E-state index contributed by atoms with van der Waals surface area (Å²) in [6, 6.07) is 16.3. The molecule has 0 aromatic heterocycles. The van der Waals surface area contributed by atoms with Crippen LogP contribution >= 0.6 is 11.6 Å². The number of rotatable bonds is 9. The molecule has 1 fully saturated rings. The summed E-state index contributed by atoms with van der Waals surface area (Å²) in [5, 5.41) is 3.73. The first-order valence-electron chi connectivity index (χ1n) is 11.1. The molecule has 1 N–H and O–H groups in total. The molecule has 0 saturated heterocycles. The third-order valence-corrected chi connectivity index (χ3v) is 5.93. The summed E-state index contributed by atoms with van der Waals surface area (Å²) < 4.78 is 5.68. The van der Waals surface area contributed by atoms with Crippen LogP contribution in [0.3, 0.4) is 0 Å². The van der Waals surface area contributed by atoms with Crippen molar-refractivity contribution >= 4 is 23.4 Å². The minimum absolute atomic E-state index is 0.0820. The molecule has 0 radical (unpaired) electrons. The van der Waals surface area contributed by atoms with Crippen LogP contribution < -0.4 is 10.1 Å². The summed E-state index contributed by atoms with van der Waals surface area (Å²) in [6.45, 7) is 2.14. The third kappa shape index (κ3) is 7.00. The highest BCUT2D eigenvalue weighted by Crippen LogP contribution is 2.20. The molecule has 6 heteroatoms. The number of halogens is 1. The number of nitrogens with one attached hydrogen (secondary N) is 1. The first-order valence-corrected chi connectivity index (χ1v) is 11.5. The van der Waals surface area contributed by atoms with Crippen LogP contribution in [0, 0.1) is 0 Å². The Morgan fingerprint density at radius 1 is 1.10 bits per heavy atom. The van der Waals surface area contributed by atoms with Crippen molar-refractivity contribution in [3.8, 4) is 5.75 Å². The van der Waals surface area contributed by atoms with E-state index in [9.17, 15) is 9.59 Å². The second-order valence-electron chi connectivity index (χ2n) is 8.02. The molecule has 1 saturated carbocycles. The molecule has 1 aliphatic carbocycles. The molecule has 1 aliphatic rings. The fraction of sp³-hybridized carbons (Fsp3) is 0.440. The average Bonchev–Trinajstić information content (AvgIpc) is 2.79. The van der Waals surface area contributed by atoms with E-state index in [1.165, 1.54) is 6.42 Å². The summed E-state index contributed by atoms with van der Waals surface area (Å²) in [7, 11) is 0. The first-order chi connectivity index (χ1) is 15.1. The van der Waals surface area contributed by atoms with Crippen molar-refractivity contribution in [2.45, 2.75) is 64.1 Å². The summed E-state index contributed by atoms with van der Waals surface area (Å²) in [4.78, 5) is 28.0. The molecular formula is C25H31ClN2O3. The highest BCUT2D eigenvalue weighted by Gasteiger charge is 2.30. The standard InChI is InChI=1S/C25H31ClN2O3/c1-2-23(25(30)27-21-13-7-4-8-14-21)28(17-19-10-5-3-6-11-19)24(29)18-31-22-15-9-12-20(26)16-22/h3,5-6,9-12,15-16,21,23H,2,4,7-8,13-14,17-18H2,1H3,(H,27,30). The molecule has 1 atom stereocenters. The number of hydrogen-bond donors (Lipinski definition) is 1. The first kappa shape index (κ1) is 23.1. The Morgan fingerprint density at radius 3 is 2.52 bits per heavy atom. The Hall–Kier alpha value is -2.53. The Bertz CT molecular complexity index is 853. The van der Waals surface area contributed by atoms with Gasteiger partial charge in [-0.25, -0.2) is 0 Å². The maximum absolute atomic E-state index is 13.2. The summed E-state index contributed by atoms with van der Waals surface area (Å²) in [5.41, 5.74) is 0.975. The van der Waals surface area contributed by atoms with Gasteiger partial charge < -0.3 is 15.0 Å². The fourth-order valence-electron chi connectivity index (χ4n) is 4.03. The number of benzene rings is 2. The normalized spacial score (nSPS) is 15.2. The second-order valence-corrected chi connectivity index (χ2v) is 8.46. The lowest BCUT2D eigenvalue weighted by Crippen LogP contribution is -2.52. The van der Waals surface area contributed by atoms with Gasteiger partial charge in [0.1, 0.15) is 11.8 Å². The molecule has 2 amide bonds. The van der Waals surface area contributed by atoms with Crippen molar-refractivity contribution in [3.63, 3.8) is 0 Å². The van der Waals surface area contributed by atoms with Crippen LogP contribution in [0.4, 0.5) is 0 Å². The van der Waals surface area contributed by atoms with Gasteiger partial charge in [0.2, 0.25) is 5.91 Å². The molecule has 2 aromatic carbocycles. The van der Waals surface area contributed by atoms with E-state index in [4.69, 9.17) is 16.3 Å². The lowest BCUT2D eigenvalue weighted by molar-refractivity contribution is -0.143. The van der Waals surface area contributed by atoms with Gasteiger partial charge in [0.05, 0.1) is 0 Å². The topological polar surface area (TPSA) is 58.6 Å². The van der Waals surface area contributed by atoms with Crippen LogP contribution in [0.5, 0.6) is 5.75 Å².